The van der Waals surface area contributed by atoms with Crippen LogP contribution in [0.4, 0.5) is 17.1 Å². The summed E-state index contributed by atoms with van der Waals surface area (Å²) in [5.74, 6) is 0. The summed E-state index contributed by atoms with van der Waals surface area (Å²) >= 11 is 0. The van der Waals surface area contributed by atoms with Crippen molar-refractivity contribution in [2.45, 2.75) is 11.6 Å². The molecule has 9 aromatic carbocycles. The van der Waals surface area contributed by atoms with Crippen LogP contribution >= 0.6 is 0 Å². The summed E-state index contributed by atoms with van der Waals surface area (Å²) in [6, 6.07) is 67.9. The molecule has 2 heterocycles. The summed E-state index contributed by atoms with van der Waals surface area (Å²) in [5, 5.41) is 11.7. The molecule has 9 aromatic rings. The fourth-order valence-electron chi connectivity index (χ4n) is 10.1. The van der Waals surface area contributed by atoms with Gasteiger partial charge in [0.05, 0.1) is 16.8 Å². The molecular formula is C50H32N2. The molecule has 0 saturated carbocycles. The summed E-state index contributed by atoms with van der Waals surface area (Å²) in [6.07, 6.45) is 0.00167. The minimum atomic E-state index is -0.479. The van der Waals surface area contributed by atoms with Gasteiger partial charge in [-0.3, -0.25) is 0 Å². The predicted octanol–water partition coefficient (Wildman–Crippen LogP) is 12.8. The van der Waals surface area contributed by atoms with Crippen LogP contribution in [0.15, 0.2) is 182 Å². The lowest BCUT2D eigenvalue weighted by Gasteiger charge is -2.44. The summed E-state index contributed by atoms with van der Waals surface area (Å²) in [4.78, 5) is 2.55. The van der Waals surface area contributed by atoms with E-state index in [-0.39, 0.29) is 6.17 Å². The summed E-state index contributed by atoms with van der Waals surface area (Å²) < 4.78 is 0. The number of para-hydroxylation sites is 2. The van der Waals surface area contributed by atoms with Crippen molar-refractivity contribution in [3.63, 3.8) is 0 Å². The molecule has 0 saturated heterocycles. The zero-order valence-corrected chi connectivity index (χ0v) is 28.3. The zero-order chi connectivity index (χ0) is 34.0. The van der Waals surface area contributed by atoms with Gasteiger partial charge in [-0.15, -0.1) is 0 Å². The molecule has 1 spiro atoms. The van der Waals surface area contributed by atoms with Crippen LogP contribution in [-0.4, -0.2) is 0 Å². The molecule has 52 heavy (non-hydrogen) atoms. The van der Waals surface area contributed by atoms with Gasteiger partial charge in [-0.05, 0) is 101 Å². The van der Waals surface area contributed by atoms with Crippen molar-refractivity contribution in [1.82, 2.24) is 0 Å². The highest BCUT2D eigenvalue weighted by Crippen LogP contribution is 2.66. The van der Waals surface area contributed by atoms with Gasteiger partial charge in [-0.2, -0.15) is 0 Å². The number of nitrogens with one attached hydrogen (secondary N) is 1. The monoisotopic (exact) mass is 660 g/mol. The van der Waals surface area contributed by atoms with Crippen molar-refractivity contribution in [3.05, 3.63) is 210 Å². The third-order valence-electron chi connectivity index (χ3n) is 12.0. The third kappa shape index (κ3) is 3.44. The second kappa shape index (κ2) is 10.2. The molecule has 3 aliphatic rings. The lowest BCUT2D eigenvalue weighted by atomic mass is 9.64. The van der Waals surface area contributed by atoms with Crippen LogP contribution in [0.1, 0.15) is 34.0 Å². The SMILES string of the molecule is c1ccc(C2Nc3cccc4c3N2c2ccccc2C42c3ccccc3-c3c(-c4ccc5c6ccccc6c6ccccc6c5c4)cccc32)cc1. The number of benzene rings is 9. The molecule has 0 aromatic heterocycles. The Kier molecular flexibility index (Phi) is 5.52. The molecule has 12 rings (SSSR count). The normalized spacial score (nSPS) is 17.6. The molecular weight excluding hydrogens is 629 g/mol. The minimum Gasteiger partial charge on any atom is -0.359 e. The summed E-state index contributed by atoms with van der Waals surface area (Å²) in [6.45, 7) is 0. The predicted molar refractivity (Wildman–Crippen MR) is 217 cm³/mol. The van der Waals surface area contributed by atoms with E-state index in [0.29, 0.717) is 0 Å². The van der Waals surface area contributed by atoms with E-state index in [2.05, 4.69) is 192 Å². The second-order valence-corrected chi connectivity index (χ2v) is 14.4. The molecule has 2 aliphatic heterocycles. The minimum absolute atomic E-state index is 0.00167. The van der Waals surface area contributed by atoms with Crippen molar-refractivity contribution in [2.24, 2.45) is 0 Å². The molecule has 1 N–H and O–H groups in total. The van der Waals surface area contributed by atoms with E-state index in [0.717, 1.165) is 0 Å². The maximum absolute atomic E-state index is 3.94. The quantitative estimate of drug-likeness (QED) is 0.186. The Labute approximate surface area is 302 Å². The molecule has 2 unspecified atom stereocenters. The van der Waals surface area contributed by atoms with Gasteiger partial charge < -0.3 is 10.2 Å². The largest absolute Gasteiger partial charge is 0.359 e. The topological polar surface area (TPSA) is 15.3 Å². The Morgan fingerprint density at radius 2 is 1.00 bits per heavy atom. The van der Waals surface area contributed by atoms with Gasteiger partial charge in [0.15, 0.2) is 0 Å². The Bertz CT molecular complexity index is 2930. The van der Waals surface area contributed by atoms with Crippen molar-refractivity contribution in [3.8, 4) is 22.3 Å². The molecule has 0 bridgehead atoms. The Hall–Kier alpha value is -6.64. The molecule has 0 amide bonds. The maximum atomic E-state index is 3.94. The van der Waals surface area contributed by atoms with Crippen molar-refractivity contribution < 1.29 is 0 Å². The van der Waals surface area contributed by atoms with Gasteiger partial charge >= 0.3 is 0 Å². The van der Waals surface area contributed by atoms with Crippen LogP contribution in [0.5, 0.6) is 0 Å². The first-order chi connectivity index (χ1) is 25.8. The molecule has 2 nitrogen and oxygen atoms in total. The van der Waals surface area contributed by atoms with Crippen molar-refractivity contribution in [2.75, 3.05) is 10.2 Å². The van der Waals surface area contributed by atoms with E-state index in [9.17, 15) is 0 Å². The van der Waals surface area contributed by atoms with Crippen LogP contribution in [-0.2, 0) is 5.41 Å². The van der Waals surface area contributed by atoms with E-state index in [1.165, 1.54) is 99.5 Å². The smallest absolute Gasteiger partial charge is 0.130 e. The van der Waals surface area contributed by atoms with Crippen molar-refractivity contribution in [1.29, 1.82) is 0 Å². The van der Waals surface area contributed by atoms with E-state index in [4.69, 9.17) is 0 Å². The standard InChI is InChI=1S/C50H32N2/c1-2-14-31(15-3-1)49-51-45-26-13-25-44-48(45)52(49)46-27-11-10-23-42(46)50(44)41-22-9-8-20-39(41)47-33(21-12-24-43(47)50)32-28-29-38-36-18-5-4-16-34(36)35-17-6-7-19-37(35)40(38)30-32/h1-30,49,51H. The highest BCUT2D eigenvalue weighted by Gasteiger charge is 2.54. The third-order valence-corrected chi connectivity index (χ3v) is 12.0. The number of rotatable bonds is 2. The maximum Gasteiger partial charge on any atom is 0.130 e. The average Bonchev–Trinajstić information content (AvgIpc) is 3.76. The van der Waals surface area contributed by atoms with Crippen LogP contribution < -0.4 is 10.2 Å². The van der Waals surface area contributed by atoms with Crippen LogP contribution in [0.3, 0.4) is 0 Å². The molecule has 2 heteroatoms. The first-order valence-electron chi connectivity index (χ1n) is 18.2. The number of hydrogen-bond acceptors (Lipinski definition) is 2. The number of hydrogen-bond donors (Lipinski definition) is 1. The fourth-order valence-corrected chi connectivity index (χ4v) is 10.1. The fraction of sp³-hybridized carbons (Fsp3) is 0.0400. The highest BCUT2D eigenvalue weighted by molar-refractivity contribution is 6.26. The van der Waals surface area contributed by atoms with Gasteiger partial charge in [-0.1, -0.05) is 164 Å². The second-order valence-electron chi connectivity index (χ2n) is 14.4. The Morgan fingerprint density at radius 1 is 0.423 bits per heavy atom. The molecule has 0 radical (unpaired) electrons. The van der Waals surface area contributed by atoms with Gasteiger partial charge in [0.1, 0.15) is 6.17 Å². The first kappa shape index (κ1) is 28.1. The molecule has 1 aliphatic carbocycles. The number of fused-ring (bicyclic) bond motifs is 15. The van der Waals surface area contributed by atoms with Crippen molar-refractivity contribution >= 4 is 49.4 Å². The number of anilines is 3. The van der Waals surface area contributed by atoms with Crippen LogP contribution in [0, 0.1) is 0 Å². The van der Waals surface area contributed by atoms with E-state index in [1.807, 2.05) is 0 Å². The van der Waals surface area contributed by atoms with Gasteiger partial charge in [0, 0.05) is 5.69 Å². The number of nitrogens with zero attached hydrogens (tertiary/aromatic N) is 1. The lowest BCUT2D eigenvalue weighted by Crippen LogP contribution is -2.37. The van der Waals surface area contributed by atoms with Crippen LogP contribution in [0.2, 0.25) is 0 Å². The Morgan fingerprint density at radius 3 is 1.79 bits per heavy atom. The van der Waals surface area contributed by atoms with E-state index < -0.39 is 5.41 Å². The summed E-state index contributed by atoms with van der Waals surface area (Å²) in [7, 11) is 0. The highest BCUT2D eigenvalue weighted by atomic mass is 15.3. The zero-order valence-electron chi connectivity index (χ0n) is 28.3. The molecule has 0 fully saturated rings. The molecule has 2 atom stereocenters. The average molecular weight is 661 g/mol. The van der Waals surface area contributed by atoms with E-state index in [1.54, 1.807) is 0 Å². The van der Waals surface area contributed by atoms with Crippen LogP contribution in [0.25, 0.3) is 54.6 Å². The first-order valence-corrected chi connectivity index (χ1v) is 18.2. The molecule has 242 valence electrons. The summed E-state index contributed by atoms with van der Waals surface area (Å²) in [5.41, 5.74) is 15.0. The Balaban J connectivity index is 1.16. The van der Waals surface area contributed by atoms with Gasteiger partial charge in [-0.25, -0.2) is 0 Å². The van der Waals surface area contributed by atoms with E-state index >= 15 is 0 Å². The lowest BCUT2D eigenvalue weighted by molar-refractivity contribution is 0.720. The van der Waals surface area contributed by atoms with Gasteiger partial charge in [0.2, 0.25) is 0 Å². The van der Waals surface area contributed by atoms with Gasteiger partial charge in [0.25, 0.3) is 0 Å².